The lowest BCUT2D eigenvalue weighted by atomic mass is 9.89. The van der Waals surface area contributed by atoms with Gasteiger partial charge in [0.25, 0.3) is 0 Å². The molecule has 0 amide bonds. The quantitative estimate of drug-likeness (QED) is 0.759. The fourth-order valence-electron chi connectivity index (χ4n) is 4.76. The number of hydrogen-bond acceptors (Lipinski definition) is 3. The second-order valence-corrected chi connectivity index (χ2v) is 7.96. The minimum atomic E-state index is -0.344. The Morgan fingerprint density at radius 2 is 1.90 bits per heavy atom. The van der Waals surface area contributed by atoms with Crippen molar-refractivity contribution >= 4 is 0 Å². The number of hydrogen-bond donors (Lipinski definition) is 2. The molecule has 0 spiro atoms. The monoisotopic (exact) mass is 295 g/mol. The van der Waals surface area contributed by atoms with Gasteiger partial charge in [0.1, 0.15) is 0 Å². The molecule has 0 saturated heterocycles. The van der Waals surface area contributed by atoms with Gasteiger partial charge in [-0.1, -0.05) is 13.3 Å². The Morgan fingerprint density at radius 1 is 1.10 bits per heavy atom. The van der Waals surface area contributed by atoms with Gasteiger partial charge in [-0.2, -0.15) is 0 Å². The Balaban J connectivity index is 1.24. The normalized spacial score (nSPS) is 40.6. The highest BCUT2D eigenvalue weighted by atomic mass is 16.5. The van der Waals surface area contributed by atoms with Crippen molar-refractivity contribution in [2.75, 3.05) is 19.7 Å². The first kappa shape index (κ1) is 15.8. The molecule has 2 bridgehead atoms. The largest absolute Gasteiger partial charge is 0.389 e. The number of fused-ring (bicyclic) bond motifs is 2. The maximum Gasteiger partial charge on any atom is 0.0897 e. The summed E-state index contributed by atoms with van der Waals surface area (Å²) in [6.07, 6.45) is 10.8. The summed E-state index contributed by atoms with van der Waals surface area (Å²) in [5.74, 6) is 3.72. The van der Waals surface area contributed by atoms with Crippen LogP contribution < -0.4 is 5.32 Å². The van der Waals surface area contributed by atoms with Gasteiger partial charge in [0.2, 0.25) is 0 Å². The van der Waals surface area contributed by atoms with E-state index in [1.807, 2.05) is 0 Å². The van der Waals surface area contributed by atoms with Crippen LogP contribution in [-0.2, 0) is 4.74 Å². The van der Waals surface area contributed by atoms with Crippen molar-refractivity contribution in [2.45, 2.75) is 70.5 Å². The highest BCUT2D eigenvalue weighted by Gasteiger charge is 2.38. The average molecular weight is 295 g/mol. The Morgan fingerprint density at radius 3 is 2.57 bits per heavy atom. The fraction of sp³-hybridized carbons (Fsp3) is 1.00. The molecule has 3 aliphatic rings. The van der Waals surface area contributed by atoms with Crippen LogP contribution in [0.25, 0.3) is 0 Å². The molecule has 0 radical (unpaired) electrons. The molecule has 2 N–H and O–H groups in total. The average Bonchev–Trinajstić information content (AvgIpc) is 3.09. The fourth-order valence-corrected chi connectivity index (χ4v) is 4.76. The maximum atomic E-state index is 10.1. The van der Waals surface area contributed by atoms with Crippen LogP contribution in [0.3, 0.4) is 0 Å². The summed E-state index contributed by atoms with van der Waals surface area (Å²) in [7, 11) is 0. The van der Waals surface area contributed by atoms with E-state index >= 15 is 0 Å². The van der Waals surface area contributed by atoms with Gasteiger partial charge in [-0.25, -0.2) is 0 Å². The maximum absolute atomic E-state index is 10.1. The molecular formula is C18H33NO2. The van der Waals surface area contributed by atoms with E-state index in [0.717, 1.165) is 30.2 Å². The molecule has 4 unspecified atom stereocenters. The standard InChI is InChI=1S/C18H33NO2/c1-13-2-6-18(7-3-13)21-12-17(20)11-19-10-16-9-14-4-5-15(16)8-14/h13-20H,2-12H2,1H3. The third-order valence-corrected chi connectivity index (χ3v) is 6.16. The van der Waals surface area contributed by atoms with Crippen LogP contribution in [0.1, 0.15) is 58.3 Å². The van der Waals surface area contributed by atoms with Crippen LogP contribution in [0.4, 0.5) is 0 Å². The second kappa shape index (κ2) is 7.43. The Bertz CT molecular complexity index is 314. The summed E-state index contributed by atoms with van der Waals surface area (Å²) >= 11 is 0. The highest BCUT2D eigenvalue weighted by Crippen LogP contribution is 2.47. The van der Waals surface area contributed by atoms with Crippen molar-refractivity contribution in [3.63, 3.8) is 0 Å². The molecule has 21 heavy (non-hydrogen) atoms. The van der Waals surface area contributed by atoms with Crippen molar-refractivity contribution < 1.29 is 9.84 Å². The number of aliphatic hydroxyl groups is 1. The molecule has 122 valence electrons. The van der Waals surface area contributed by atoms with Gasteiger partial charge in [-0.05, 0) is 75.2 Å². The van der Waals surface area contributed by atoms with Gasteiger partial charge in [-0.3, -0.25) is 0 Å². The van der Waals surface area contributed by atoms with E-state index in [0.29, 0.717) is 19.3 Å². The van der Waals surface area contributed by atoms with Gasteiger partial charge < -0.3 is 15.2 Å². The summed E-state index contributed by atoms with van der Waals surface area (Å²) in [5, 5.41) is 13.5. The third-order valence-electron chi connectivity index (χ3n) is 6.16. The highest BCUT2D eigenvalue weighted by molar-refractivity contribution is 4.90. The molecule has 3 rings (SSSR count). The van der Waals surface area contributed by atoms with Crippen molar-refractivity contribution in [3.05, 3.63) is 0 Å². The third kappa shape index (κ3) is 4.43. The van der Waals surface area contributed by atoms with Crippen LogP contribution >= 0.6 is 0 Å². The summed E-state index contributed by atoms with van der Waals surface area (Å²) in [4.78, 5) is 0. The lowest BCUT2D eigenvalue weighted by Crippen LogP contribution is -2.36. The Kier molecular flexibility index (Phi) is 5.58. The predicted molar refractivity (Wildman–Crippen MR) is 85.2 cm³/mol. The molecule has 4 atom stereocenters. The zero-order valence-corrected chi connectivity index (χ0v) is 13.6. The minimum Gasteiger partial charge on any atom is -0.389 e. The zero-order chi connectivity index (χ0) is 14.7. The van der Waals surface area contributed by atoms with E-state index in [1.54, 1.807) is 0 Å². The summed E-state index contributed by atoms with van der Waals surface area (Å²) in [6.45, 7) is 4.61. The first-order chi connectivity index (χ1) is 10.2. The van der Waals surface area contributed by atoms with E-state index in [9.17, 15) is 5.11 Å². The number of ether oxygens (including phenoxy) is 1. The van der Waals surface area contributed by atoms with Crippen LogP contribution in [-0.4, -0.2) is 37.0 Å². The molecule has 0 aromatic rings. The Hall–Kier alpha value is -0.120. The number of nitrogens with one attached hydrogen (secondary N) is 1. The first-order valence-corrected chi connectivity index (χ1v) is 9.21. The molecule has 0 aromatic heterocycles. The molecule has 0 aromatic carbocycles. The van der Waals surface area contributed by atoms with E-state index in [1.165, 1.54) is 51.4 Å². The lowest BCUT2D eigenvalue weighted by Gasteiger charge is -2.27. The van der Waals surface area contributed by atoms with Gasteiger partial charge in [0, 0.05) is 6.54 Å². The van der Waals surface area contributed by atoms with Gasteiger partial charge in [-0.15, -0.1) is 0 Å². The van der Waals surface area contributed by atoms with E-state index < -0.39 is 0 Å². The summed E-state index contributed by atoms with van der Waals surface area (Å²) in [6, 6.07) is 0. The van der Waals surface area contributed by atoms with Crippen molar-refractivity contribution in [1.29, 1.82) is 0 Å². The van der Waals surface area contributed by atoms with E-state index in [4.69, 9.17) is 4.74 Å². The molecule has 3 heteroatoms. The second-order valence-electron chi connectivity index (χ2n) is 7.96. The van der Waals surface area contributed by atoms with E-state index in [2.05, 4.69) is 12.2 Å². The molecule has 3 fully saturated rings. The van der Waals surface area contributed by atoms with Crippen LogP contribution in [0.15, 0.2) is 0 Å². The topological polar surface area (TPSA) is 41.5 Å². The molecule has 3 nitrogen and oxygen atoms in total. The van der Waals surface area contributed by atoms with Crippen molar-refractivity contribution in [1.82, 2.24) is 5.32 Å². The van der Waals surface area contributed by atoms with Crippen LogP contribution in [0.2, 0.25) is 0 Å². The summed E-state index contributed by atoms with van der Waals surface area (Å²) in [5.41, 5.74) is 0. The number of aliphatic hydroxyl groups excluding tert-OH is 1. The predicted octanol–water partition coefficient (Wildman–Crippen LogP) is 2.97. The first-order valence-electron chi connectivity index (χ1n) is 9.21. The van der Waals surface area contributed by atoms with Crippen molar-refractivity contribution in [2.24, 2.45) is 23.7 Å². The molecular weight excluding hydrogens is 262 g/mol. The SMILES string of the molecule is CC1CCC(OCC(O)CNCC2CC3CCC2C3)CC1. The zero-order valence-electron chi connectivity index (χ0n) is 13.6. The van der Waals surface area contributed by atoms with Gasteiger partial charge in [0.15, 0.2) is 0 Å². The number of rotatable bonds is 7. The lowest BCUT2D eigenvalue weighted by molar-refractivity contribution is -0.0280. The minimum absolute atomic E-state index is 0.344. The van der Waals surface area contributed by atoms with Crippen LogP contribution in [0.5, 0.6) is 0 Å². The van der Waals surface area contributed by atoms with Gasteiger partial charge >= 0.3 is 0 Å². The smallest absolute Gasteiger partial charge is 0.0897 e. The summed E-state index contributed by atoms with van der Waals surface area (Å²) < 4.78 is 5.87. The molecule has 0 heterocycles. The molecule has 3 aliphatic carbocycles. The molecule has 3 saturated carbocycles. The van der Waals surface area contributed by atoms with E-state index in [-0.39, 0.29) is 6.10 Å². The van der Waals surface area contributed by atoms with Crippen LogP contribution in [0, 0.1) is 23.7 Å². The molecule has 0 aliphatic heterocycles. The Labute approximate surface area is 129 Å². The van der Waals surface area contributed by atoms with Crippen molar-refractivity contribution in [3.8, 4) is 0 Å². The van der Waals surface area contributed by atoms with Gasteiger partial charge in [0.05, 0.1) is 18.8 Å².